The summed E-state index contributed by atoms with van der Waals surface area (Å²) in [5.74, 6) is -2.32. The summed E-state index contributed by atoms with van der Waals surface area (Å²) < 4.78 is 0. The summed E-state index contributed by atoms with van der Waals surface area (Å²) in [7, 11) is 0. The smallest absolute Gasteiger partial charge is 0.306 e. The third-order valence-electron chi connectivity index (χ3n) is 6.08. The number of nitrogens with one attached hydrogen (secondary N) is 1. The Morgan fingerprint density at radius 3 is 2.16 bits per heavy atom. The topological polar surface area (TPSA) is 104 Å². The van der Waals surface area contributed by atoms with E-state index < -0.39 is 23.3 Å². The molecule has 2 saturated carbocycles. The fraction of sp³-hybridized carbons (Fsp3) is 0.842. The van der Waals surface area contributed by atoms with E-state index in [-0.39, 0.29) is 17.9 Å². The molecule has 0 aromatic rings. The van der Waals surface area contributed by atoms with Crippen LogP contribution >= 0.6 is 0 Å². The van der Waals surface area contributed by atoms with Crippen molar-refractivity contribution in [3.05, 3.63) is 0 Å². The third kappa shape index (κ3) is 4.95. The summed E-state index contributed by atoms with van der Waals surface area (Å²) in [5, 5.41) is 21.7. The van der Waals surface area contributed by atoms with E-state index in [2.05, 4.69) is 5.32 Å². The maximum atomic E-state index is 13.0. The molecule has 0 aromatic heterocycles. The Bertz CT molecular complexity index is 490. The average molecular weight is 353 g/mol. The van der Waals surface area contributed by atoms with Gasteiger partial charge in [0.25, 0.3) is 0 Å². The fourth-order valence-corrected chi connectivity index (χ4v) is 4.53. The molecule has 1 atom stereocenters. The molecule has 2 fully saturated rings. The van der Waals surface area contributed by atoms with Gasteiger partial charge in [0.2, 0.25) is 5.91 Å². The summed E-state index contributed by atoms with van der Waals surface area (Å²) in [6.45, 7) is 1.97. The molecule has 0 radical (unpaired) electrons. The maximum Gasteiger partial charge on any atom is 0.306 e. The summed E-state index contributed by atoms with van der Waals surface area (Å²) >= 11 is 0. The van der Waals surface area contributed by atoms with E-state index in [0.29, 0.717) is 38.5 Å². The molecule has 2 aliphatic carbocycles. The maximum absolute atomic E-state index is 13.0. The van der Waals surface area contributed by atoms with Gasteiger partial charge in [-0.25, -0.2) is 0 Å². The molecular weight excluding hydrogens is 322 g/mol. The lowest BCUT2D eigenvalue weighted by Gasteiger charge is -2.34. The van der Waals surface area contributed by atoms with Crippen molar-refractivity contribution in [2.45, 2.75) is 83.6 Å². The number of rotatable bonds is 8. The first kappa shape index (κ1) is 19.7. The fourth-order valence-electron chi connectivity index (χ4n) is 4.53. The molecule has 0 heterocycles. The molecule has 1 amide bonds. The Hall–Kier alpha value is -1.59. The SMILES string of the molecule is CCCC(CC1(C(=O)NC2CCC(C(=O)O)CC2)CCCC1)C(=O)O. The largest absolute Gasteiger partial charge is 0.481 e. The molecule has 6 heteroatoms. The van der Waals surface area contributed by atoms with Crippen LogP contribution in [-0.4, -0.2) is 34.1 Å². The minimum Gasteiger partial charge on any atom is -0.481 e. The Morgan fingerprint density at radius 1 is 1.08 bits per heavy atom. The number of hydrogen-bond acceptors (Lipinski definition) is 3. The van der Waals surface area contributed by atoms with Gasteiger partial charge in [0, 0.05) is 6.04 Å². The van der Waals surface area contributed by atoms with Crippen molar-refractivity contribution >= 4 is 17.8 Å². The van der Waals surface area contributed by atoms with E-state index in [0.717, 1.165) is 32.1 Å². The van der Waals surface area contributed by atoms with Gasteiger partial charge in [0.1, 0.15) is 0 Å². The van der Waals surface area contributed by atoms with Crippen LogP contribution in [0.15, 0.2) is 0 Å². The number of aliphatic carboxylic acids is 2. The highest BCUT2D eigenvalue weighted by atomic mass is 16.4. The predicted molar refractivity (Wildman–Crippen MR) is 93.1 cm³/mol. The van der Waals surface area contributed by atoms with Crippen molar-refractivity contribution in [2.75, 3.05) is 0 Å². The van der Waals surface area contributed by atoms with Crippen LogP contribution in [-0.2, 0) is 14.4 Å². The second-order valence-corrected chi connectivity index (χ2v) is 7.88. The first-order chi connectivity index (χ1) is 11.9. The van der Waals surface area contributed by atoms with Crippen LogP contribution in [0.5, 0.6) is 0 Å². The molecule has 0 spiro atoms. The zero-order valence-corrected chi connectivity index (χ0v) is 15.1. The van der Waals surface area contributed by atoms with Gasteiger partial charge in [0.15, 0.2) is 0 Å². The van der Waals surface area contributed by atoms with E-state index in [9.17, 15) is 19.5 Å². The molecule has 0 saturated heterocycles. The highest BCUT2D eigenvalue weighted by molar-refractivity contribution is 5.84. The third-order valence-corrected chi connectivity index (χ3v) is 6.08. The number of carboxylic acids is 2. The normalized spacial score (nSPS) is 26.8. The van der Waals surface area contributed by atoms with Crippen LogP contribution in [0.1, 0.15) is 77.6 Å². The summed E-state index contributed by atoms with van der Waals surface area (Å²) in [6.07, 6.45) is 7.87. The lowest BCUT2D eigenvalue weighted by molar-refractivity contribution is -0.145. The first-order valence-corrected chi connectivity index (χ1v) is 9.64. The molecule has 25 heavy (non-hydrogen) atoms. The van der Waals surface area contributed by atoms with Gasteiger partial charge >= 0.3 is 11.9 Å². The second kappa shape index (κ2) is 8.68. The molecule has 0 aromatic carbocycles. The molecule has 2 aliphatic rings. The lowest BCUT2D eigenvalue weighted by atomic mass is 9.75. The minimum absolute atomic E-state index is 0.00821. The zero-order chi connectivity index (χ0) is 18.4. The van der Waals surface area contributed by atoms with Gasteiger partial charge in [-0.15, -0.1) is 0 Å². The van der Waals surface area contributed by atoms with Crippen LogP contribution in [0.3, 0.4) is 0 Å². The van der Waals surface area contributed by atoms with E-state index in [4.69, 9.17) is 5.11 Å². The number of carbonyl (C=O) groups is 3. The summed E-state index contributed by atoms with van der Waals surface area (Å²) in [4.78, 5) is 35.6. The van der Waals surface area contributed by atoms with Crippen molar-refractivity contribution in [1.29, 1.82) is 0 Å². The van der Waals surface area contributed by atoms with Gasteiger partial charge in [0.05, 0.1) is 17.3 Å². The van der Waals surface area contributed by atoms with Crippen molar-refractivity contribution in [2.24, 2.45) is 17.3 Å². The lowest BCUT2D eigenvalue weighted by Crippen LogP contribution is -2.47. The van der Waals surface area contributed by atoms with Crippen molar-refractivity contribution < 1.29 is 24.6 Å². The second-order valence-electron chi connectivity index (χ2n) is 7.88. The molecule has 142 valence electrons. The molecular formula is C19H31NO5. The number of hydrogen-bond donors (Lipinski definition) is 3. The predicted octanol–water partition coefficient (Wildman–Crippen LogP) is 3.20. The van der Waals surface area contributed by atoms with Crippen LogP contribution in [0.25, 0.3) is 0 Å². The van der Waals surface area contributed by atoms with Crippen molar-refractivity contribution in [3.8, 4) is 0 Å². The van der Waals surface area contributed by atoms with Crippen molar-refractivity contribution in [1.82, 2.24) is 5.32 Å². The van der Waals surface area contributed by atoms with Crippen molar-refractivity contribution in [3.63, 3.8) is 0 Å². The molecule has 3 N–H and O–H groups in total. The average Bonchev–Trinajstić information content (AvgIpc) is 3.05. The Labute approximate surface area is 149 Å². The highest BCUT2D eigenvalue weighted by Gasteiger charge is 2.44. The molecule has 2 rings (SSSR count). The molecule has 1 unspecified atom stereocenters. The van der Waals surface area contributed by atoms with E-state index in [1.54, 1.807) is 0 Å². The van der Waals surface area contributed by atoms with E-state index >= 15 is 0 Å². The van der Waals surface area contributed by atoms with Gasteiger partial charge in [-0.1, -0.05) is 26.2 Å². The number of amides is 1. The van der Waals surface area contributed by atoms with Crippen LogP contribution in [0.4, 0.5) is 0 Å². The number of carboxylic acid groups (broad SMARTS) is 2. The van der Waals surface area contributed by atoms with E-state index in [1.165, 1.54) is 0 Å². The Kier molecular flexibility index (Phi) is 6.85. The molecule has 6 nitrogen and oxygen atoms in total. The Morgan fingerprint density at radius 2 is 1.68 bits per heavy atom. The van der Waals surface area contributed by atoms with Gasteiger partial charge in [-0.3, -0.25) is 14.4 Å². The number of carbonyl (C=O) groups excluding carboxylic acids is 1. The summed E-state index contributed by atoms with van der Waals surface area (Å²) in [5.41, 5.74) is -0.554. The minimum atomic E-state index is -0.803. The molecule has 0 bridgehead atoms. The van der Waals surface area contributed by atoms with Gasteiger partial charge in [-0.2, -0.15) is 0 Å². The molecule has 0 aliphatic heterocycles. The van der Waals surface area contributed by atoms with Crippen LogP contribution < -0.4 is 5.32 Å². The first-order valence-electron chi connectivity index (χ1n) is 9.64. The zero-order valence-electron chi connectivity index (χ0n) is 15.1. The summed E-state index contributed by atoms with van der Waals surface area (Å²) in [6, 6.07) is 0.0232. The van der Waals surface area contributed by atoms with Crippen LogP contribution in [0, 0.1) is 17.3 Å². The quantitative estimate of drug-likeness (QED) is 0.622. The van der Waals surface area contributed by atoms with E-state index in [1.807, 2.05) is 6.92 Å². The van der Waals surface area contributed by atoms with Gasteiger partial charge in [-0.05, 0) is 51.4 Å². The Balaban J connectivity index is 1.98. The highest BCUT2D eigenvalue weighted by Crippen LogP contribution is 2.44. The van der Waals surface area contributed by atoms with Gasteiger partial charge < -0.3 is 15.5 Å². The van der Waals surface area contributed by atoms with Crippen LogP contribution in [0.2, 0.25) is 0 Å². The standard InChI is InChI=1S/C19H31NO5/c1-2-5-14(17(23)24)12-19(10-3-4-11-19)18(25)20-15-8-6-13(7-9-15)16(21)22/h13-15H,2-12H2,1H3,(H,20,25)(H,21,22)(H,23,24). The monoisotopic (exact) mass is 353 g/mol.